The smallest absolute Gasteiger partial charge is 0.411 e. The molecule has 0 aromatic carbocycles. The molecule has 3 unspecified atom stereocenters. The molecule has 0 aliphatic heterocycles. The number of hydrogen-bond acceptors (Lipinski definition) is 3. The first-order valence-electron chi connectivity index (χ1n) is 5.01. The summed E-state index contributed by atoms with van der Waals surface area (Å²) >= 11 is 0. The molecule has 0 fully saturated rings. The summed E-state index contributed by atoms with van der Waals surface area (Å²) in [6, 6.07) is 0. The second-order valence-electron chi connectivity index (χ2n) is 3.45. The number of hydrogen-bond donors (Lipinski definition) is 1. The van der Waals surface area contributed by atoms with Crippen LogP contribution in [0.25, 0.3) is 0 Å². The zero-order valence-electron chi connectivity index (χ0n) is 9.98. The van der Waals surface area contributed by atoms with Crippen LogP contribution in [0.4, 0.5) is 17.4 Å². The molecule has 112 valence electrons. The number of alkyl halides is 3. The Morgan fingerprint density at radius 1 is 1.47 bits per heavy atom. The summed E-state index contributed by atoms with van der Waals surface area (Å²) in [5.41, 5.74) is 0. The molecule has 0 rings (SSSR count). The van der Waals surface area contributed by atoms with Crippen LogP contribution in [0.5, 0.6) is 0 Å². The van der Waals surface area contributed by atoms with Crippen LogP contribution < -0.4 is 4.86 Å². The van der Waals surface area contributed by atoms with E-state index in [-0.39, 0.29) is 0 Å². The van der Waals surface area contributed by atoms with Crippen LogP contribution >= 0.6 is 23.7 Å². The topological polar surface area (TPSA) is 55.4 Å². The Morgan fingerprint density at radius 3 is 2.42 bits per heavy atom. The molecule has 11 heteroatoms. The first-order chi connectivity index (χ1) is 8.41. The maximum atomic E-state index is 13.3. The van der Waals surface area contributed by atoms with Crippen molar-refractivity contribution in [3.63, 3.8) is 0 Å². The molecule has 0 bridgehead atoms. The van der Waals surface area contributed by atoms with Gasteiger partial charge in [0.15, 0.2) is 0 Å². The van der Waals surface area contributed by atoms with Gasteiger partial charge in [-0.25, -0.2) is 4.57 Å². The molecule has 0 aromatic heterocycles. The van der Waals surface area contributed by atoms with Crippen molar-refractivity contribution in [3.05, 3.63) is 24.5 Å². The lowest BCUT2D eigenvalue weighted by Crippen LogP contribution is -2.15. The van der Waals surface area contributed by atoms with Gasteiger partial charge >= 0.3 is 13.7 Å². The summed E-state index contributed by atoms with van der Waals surface area (Å²) in [6.07, 6.45) is 4.08. The Morgan fingerprint density at radius 2 is 2.00 bits per heavy atom. The van der Waals surface area contributed by atoms with Gasteiger partial charge in [-0.05, 0) is 21.4 Å². The molecule has 0 aliphatic rings. The number of nitrogens with one attached hydrogen (secondary N) is 1. The molecule has 0 heterocycles. The van der Waals surface area contributed by atoms with Crippen molar-refractivity contribution in [2.45, 2.75) is 25.7 Å². The third kappa shape index (κ3) is 7.26. The van der Waals surface area contributed by atoms with Crippen LogP contribution in [0.15, 0.2) is 24.5 Å². The molecule has 0 spiro atoms. The van der Waals surface area contributed by atoms with E-state index in [0.717, 1.165) is 20.2 Å². The van der Waals surface area contributed by atoms with Gasteiger partial charge in [0.1, 0.15) is 5.76 Å². The Balaban J connectivity index is 4.70. The third-order valence-corrected chi connectivity index (χ3v) is 6.92. The Hall–Kier alpha value is -0.150. The number of rotatable bonds is 7. The molecule has 4 nitrogen and oxygen atoms in total. The van der Waals surface area contributed by atoms with Crippen molar-refractivity contribution >= 4 is 23.7 Å². The normalized spacial score (nSPS) is 18.8. The fourth-order valence-electron chi connectivity index (χ4n) is 0.817. The zero-order valence-corrected chi connectivity index (χ0v) is 12.9. The maximum absolute atomic E-state index is 13.3. The van der Waals surface area contributed by atoms with Crippen LogP contribution in [-0.4, -0.2) is 5.92 Å². The van der Waals surface area contributed by atoms with Gasteiger partial charge in [-0.2, -0.15) is 13.2 Å². The van der Waals surface area contributed by atoms with Gasteiger partial charge in [0.05, 0.1) is 0 Å². The second kappa shape index (κ2) is 7.03. The summed E-state index contributed by atoms with van der Waals surface area (Å²) in [4.78, 5) is 0.859. The van der Waals surface area contributed by atoms with Crippen molar-refractivity contribution in [1.82, 2.24) is 4.86 Å². The minimum atomic E-state index is -5.42. The molecule has 0 radical (unpaired) electrons. The number of allylic oxidation sites excluding steroid dienone is 2. The van der Waals surface area contributed by atoms with E-state index in [4.69, 9.17) is 0 Å². The van der Waals surface area contributed by atoms with Gasteiger partial charge in [0, 0.05) is 0 Å². The van der Waals surface area contributed by atoms with E-state index >= 15 is 0 Å². The molecular formula is C8H14F4NO3P3. The van der Waals surface area contributed by atoms with Gasteiger partial charge in [-0.1, -0.05) is 26.0 Å². The van der Waals surface area contributed by atoms with E-state index in [0.29, 0.717) is 6.42 Å². The number of halogens is 4. The predicted molar refractivity (Wildman–Crippen MR) is 69.5 cm³/mol. The highest BCUT2D eigenvalue weighted by Crippen LogP contribution is 2.70. The fourth-order valence-corrected chi connectivity index (χ4v) is 4.46. The van der Waals surface area contributed by atoms with Crippen molar-refractivity contribution < 1.29 is 31.0 Å². The van der Waals surface area contributed by atoms with Crippen LogP contribution in [0.1, 0.15) is 19.8 Å². The van der Waals surface area contributed by atoms with E-state index in [9.17, 15) is 26.5 Å². The molecule has 0 aliphatic carbocycles. The van der Waals surface area contributed by atoms with Crippen molar-refractivity contribution in [3.8, 4) is 0 Å². The summed E-state index contributed by atoms with van der Waals surface area (Å²) in [7, 11) is -4.51. The van der Waals surface area contributed by atoms with E-state index in [2.05, 4.69) is 11.1 Å². The van der Waals surface area contributed by atoms with Crippen LogP contribution in [0.3, 0.4) is 0 Å². The Kier molecular flexibility index (Phi) is 6.97. The first-order valence-corrected chi connectivity index (χ1v) is 9.85. The summed E-state index contributed by atoms with van der Waals surface area (Å²) in [5.74, 6) is -5.68. The maximum Gasteiger partial charge on any atom is 0.502 e. The van der Waals surface area contributed by atoms with Gasteiger partial charge in [0.25, 0.3) is 6.98 Å². The largest absolute Gasteiger partial charge is 0.502 e. The van der Waals surface area contributed by atoms with E-state index < -0.39 is 26.5 Å². The van der Waals surface area contributed by atoms with Crippen LogP contribution in [-0.2, 0) is 13.7 Å². The third-order valence-electron chi connectivity index (χ3n) is 1.64. The van der Waals surface area contributed by atoms with Gasteiger partial charge in [0.2, 0.25) is 0 Å². The highest BCUT2D eigenvalue weighted by Gasteiger charge is 2.52. The second-order valence-corrected chi connectivity index (χ2v) is 9.40. The summed E-state index contributed by atoms with van der Waals surface area (Å²) in [5, 5.41) is 0. The van der Waals surface area contributed by atoms with E-state index in [1.165, 1.54) is 12.2 Å². The minimum Gasteiger partial charge on any atom is -0.411 e. The highest BCUT2D eigenvalue weighted by molar-refractivity contribution is 8.18. The van der Waals surface area contributed by atoms with Crippen LogP contribution in [0.2, 0.25) is 0 Å². The lowest BCUT2D eigenvalue weighted by molar-refractivity contribution is -0.0447. The molecular weight excluding hydrogens is 327 g/mol. The summed E-state index contributed by atoms with van der Waals surface area (Å²) < 4.78 is 76.3. The summed E-state index contributed by atoms with van der Waals surface area (Å²) in [6.45, 7) is -0.218. The lowest BCUT2D eigenvalue weighted by atomic mass is 10.3. The van der Waals surface area contributed by atoms with Crippen molar-refractivity contribution in [1.29, 1.82) is 0 Å². The Bertz CT molecular complexity index is 449. The molecule has 1 N–H and O–H groups in total. The molecule has 0 saturated carbocycles. The van der Waals surface area contributed by atoms with Gasteiger partial charge in [-0.15, -0.1) is 9.05 Å². The SMILES string of the molecule is C=C(/C=C\CCC)OP(=O)(F)NP(=O)(P)C(F)(F)F. The molecule has 3 atom stereocenters. The van der Waals surface area contributed by atoms with E-state index in [1.807, 2.05) is 6.92 Å². The lowest BCUT2D eigenvalue weighted by Gasteiger charge is -2.19. The average molecular weight is 341 g/mol. The number of unbranched alkanes of at least 4 members (excludes halogenated alkanes) is 1. The minimum absolute atomic E-state index is 0.432. The Labute approximate surface area is 110 Å². The highest BCUT2D eigenvalue weighted by atomic mass is 32.0. The molecule has 0 aromatic rings. The monoisotopic (exact) mass is 341 g/mol. The van der Waals surface area contributed by atoms with Crippen molar-refractivity contribution in [2.24, 2.45) is 0 Å². The predicted octanol–water partition coefficient (Wildman–Crippen LogP) is 5.13. The molecule has 0 saturated heterocycles. The quantitative estimate of drug-likeness (QED) is 0.302. The molecule has 0 amide bonds. The average Bonchev–Trinajstić information content (AvgIpc) is 2.13. The standard InChI is InChI=1S/C8H14F4NO3P3/c1-3-4-5-6-7(2)16-19(12,15)13-18(14,17)8(9,10)11/h5-6H,2-4,17H2,1H3,(H,13,14,15)/b6-5-. The van der Waals surface area contributed by atoms with Gasteiger partial charge < -0.3 is 4.52 Å². The zero-order chi connectivity index (χ0) is 15.3. The van der Waals surface area contributed by atoms with E-state index in [1.54, 1.807) is 0 Å². The first kappa shape index (κ1) is 18.9. The molecule has 19 heavy (non-hydrogen) atoms. The van der Waals surface area contributed by atoms with Crippen molar-refractivity contribution in [2.75, 3.05) is 0 Å². The van der Waals surface area contributed by atoms with Gasteiger partial charge in [-0.3, -0.25) is 4.57 Å². The fraction of sp³-hybridized carbons (Fsp3) is 0.500. The van der Waals surface area contributed by atoms with Crippen LogP contribution in [0, 0.1) is 0 Å².